The minimum Gasteiger partial charge on any atom is -0.466 e. The average molecular weight is 1890 g/mol. The van der Waals surface area contributed by atoms with Crippen LogP contribution in [0.2, 0.25) is 0 Å². The summed E-state index contributed by atoms with van der Waals surface area (Å²) in [5, 5.41) is 0. The van der Waals surface area contributed by atoms with Crippen molar-refractivity contribution in [3.63, 3.8) is 0 Å². The summed E-state index contributed by atoms with van der Waals surface area (Å²) < 4.78 is 21.0. The van der Waals surface area contributed by atoms with Crippen LogP contribution in [0.4, 0.5) is 0 Å². The predicted octanol–water partition coefficient (Wildman–Crippen LogP) is 30.8. The lowest BCUT2D eigenvalue weighted by molar-refractivity contribution is -0.143. The molecule has 2 saturated heterocycles. The highest BCUT2D eigenvalue weighted by Gasteiger charge is 2.50. The molecule has 2 aromatic carbocycles. The van der Waals surface area contributed by atoms with Gasteiger partial charge in [0, 0.05) is 30.7 Å². The zero-order valence-corrected chi connectivity index (χ0v) is 87.7. The molecule has 14 fully saturated rings. The van der Waals surface area contributed by atoms with Crippen LogP contribution >= 0.6 is 0 Å². The first kappa shape index (κ1) is 102. The maximum atomic E-state index is 12.2. The van der Waals surface area contributed by atoms with Crippen LogP contribution < -0.4 is 0 Å². The van der Waals surface area contributed by atoms with Gasteiger partial charge in [-0.2, -0.15) is 0 Å². The van der Waals surface area contributed by atoms with Gasteiger partial charge in [0.1, 0.15) is 6.10 Å². The molecule has 0 radical (unpaired) electrons. The third-order valence-electron chi connectivity index (χ3n) is 41.1. The SMILES string of the molecule is C1=CC2CC1CC2C1CC2CCC1C2.C1=CC2CC1CC2C1CO1.C1=CC2CC1CC2CCCCCCCC1CC1.C1=CC2CC1CC2CCc1ccccc1.C1=CC2CC1CC2COCC1CO1.C1=CC2CC1CC2Cc1ccccc1.CC1=C(C)C(C)N(CCCCC2CC3C=CC2C3)C1=O.CC1=C(C)C(C)N(CCCCCCC2CC3C=CC2C3)C1=O.CCOC(=O)CCC1=CC2CCC1C2. The van der Waals surface area contributed by atoms with Gasteiger partial charge in [0.2, 0.25) is 11.8 Å². The van der Waals surface area contributed by atoms with Crippen LogP contribution in [-0.2, 0) is 46.2 Å². The fourth-order valence-electron chi connectivity index (χ4n) is 32.3. The second-order valence-electron chi connectivity index (χ2n) is 50.3. The highest BCUT2D eigenvalue weighted by molar-refractivity contribution is 5.97. The summed E-state index contributed by atoms with van der Waals surface area (Å²) in [4.78, 5) is 39.6. The van der Waals surface area contributed by atoms with Crippen LogP contribution in [-0.4, -0.2) is 98.0 Å². The number of fused-ring (bicyclic) bond motifs is 20. The minimum absolute atomic E-state index is 0.0452. The van der Waals surface area contributed by atoms with E-state index in [1.165, 1.54) is 259 Å². The summed E-state index contributed by atoms with van der Waals surface area (Å²) >= 11 is 0. The number of ether oxygens (including phenoxy) is 4. The Hall–Kier alpha value is -6.13. The number of hydrogen-bond donors (Lipinski definition) is 0. The standard InChI is InChI=1S/C20H31NO.C18H27NO.C17H28.C15H18.C14H20.C14H16.C12H18O2.C11H16O2.C9H12O/c1-14-15(2)20(22)21(16(14)3)11-7-5-4-6-8-18-12-17-9-10-19(18)13-17;1-12-13(2)18(20)19(14(12)3)9-5-4-6-16-10-15-7-8-17(16)11-15;1(2-4-6-14-8-9-14)3-5-7-16-12-15-10-11-17(16)13-15;1-2-4-12(5-3-1)6-8-14-10-13-7-9-15(14)11-13;1-3-11-5-9(1)7-13(11)14-8-10-2-4-12(14)6-10;1-2-4-11(5-3-1)8-14-10-12-6-7-13(14)9-12;1-2-14-12(13)6-5-11-8-9-3-4-10(11)7-9;1-2-9-3-8(1)4-10(9)5-12-6-11-7-13-11;1-2-7-3-6(1)4-8(7)9-5-10-9/h9-10,16-19H,4-8,11-13H2,1-3H3;7-8,14-17H,4-6,9-11H2,1-3H3;10-11,14-17H,1-9,12-13H2;1-5,7,9,13-15H,6,8,10-11H2;1,3,9-14H,2,4-8H2;1-7,12-14H,8-10H2;8-10H,2-7H2,1H3;1-2,8-11H,3-7H2;1-2,6-9H,3-5H2. The van der Waals surface area contributed by atoms with Gasteiger partial charge in [-0.15, -0.1) is 0 Å². The highest BCUT2D eigenvalue weighted by atomic mass is 16.6. The van der Waals surface area contributed by atoms with E-state index in [9.17, 15) is 14.4 Å². The first-order valence-electron chi connectivity index (χ1n) is 59.1. The van der Waals surface area contributed by atoms with E-state index >= 15 is 0 Å². The van der Waals surface area contributed by atoms with Crippen molar-refractivity contribution in [1.82, 2.24) is 9.80 Å². The van der Waals surface area contributed by atoms with Crippen molar-refractivity contribution in [3.8, 4) is 0 Å². The molecule has 20 bridgehead atoms. The van der Waals surface area contributed by atoms with Crippen molar-refractivity contribution in [2.45, 2.75) is 362 Å². The Balaban J connectivity index is 0.000000100. The number of amides is 2. The summed E-state index contributed by atoms with van der Waals surface area (Å²) in [5.41, 5.74) is 8.99. The third kappa shape index (κ3) is 27.2. The molecule has 0 N–H and O–H groups in total. The number of carbonyl (C=O) groups is 3. The van der Waals surface area contributed by atoms with Crippen molar-refractivity contribution < 1.29 is 33.3 Å². The normalized spacial score (nSPS) is 38.8. The second-order valence-corrected chi connectivity index (χ2v) is 50.3. The smallest absolute Gasteiger partial charge is 0.306 e. The number of unbranched alkanes of at least 4 members (excludes halogenated alkanes) is 8. The van der Waals surface area contributed by atoms with Gasteiger partial charge < -0.3 is 28.7 Å². The van der Waals surface area contributed by atoms with Gasteiger partial charge in [-0.25, -0.2) is 0 Å². The summed E-state index contributed by atoms with van der Waals surface area (Å²) in [6, 6.07) is 22.5. The lowest BCUT2D eigenvalue weighted by atomic mass is 9.74. The van der Waals surface area contributed by atoms with Crippen molar-refractivity contribution >= 4 is 17.8 Å². The minimum atomic E-state index is -0.0452. The van der Waals surface area contributed by atoms with Gasteiger partial charge in [0.15, 0.2) is 0 Å². The monoisotopic (exact) mass is 1890 g/mol. The molecule has 27 rings (SSSR count). The van der Waals surface area contributed by atoms with E-state index in [4.69, 9.17) is 18.9 Å². The van der Waals surface area contributed by atoms with E-state index in [0.717, 1.165) is 247 Å². The lowest BCUT2D eigenvalue weighted by Crippen LogP contribution is -2.34. The van der Waals surface area contributed by atoms with E-state index in [0.29, 0.717) is 37.3 Å². The van der Waals surface area contributed by atoms with Gasteiger partial charge in [0.05, 0.1) is 51.2 Å². The van der Waals surface area contributed by atoms with Crippen LogP contribution in [0.15, 0.2) is 192 Å². The number of aryl methyl sites for hydroxylation is 1. The molecule has 9 heteroatoms. The lowest BCUT2D eigenvalue weighted by Gasteiger charge is -2.31. The second kappa shape index (κ2) is 48.9. The van der Waals surface area contributed by atoms with Crippen LogP contribution in [0, 0.1) is 178 Å². The summed E-state index contributed by atoms with van der Waals surface area (Å²) in [6.45, 7) is 20.4. The van der Waals surface area contributed by atoms with Gasteiger partial charge in [0.25, 0.3) is 0 Å². The fourth-order valence-corrected chi connectivity index (χ4v) is 32.3. The molecule has 4 heterocycles. The van der Waals surface area contributed by atoms with Crippen LogP contribution in [0.3, 0.4) is 0 Å². The molecule has 758 valence electrons. The zero-order chi connectivity index (χ0) is 95.2. The number of epoxide rings is 2. The molecule has 25 aliphatic rings. The Morgan fingerprint density at radius 2 is 0.806 bits per heavy atom. The van der Waals surface area contributed by atoms with Crippen molar-refractivity contribution in [3.05, 3.63) is 203 Å². The van der Waals surface area contributed by atoms with Crippen molar-refractivity contribution in [1.29, 1.82) is 0 Å². The third-order valence-corrected chi connectivity index (χ3v) is 41.1. The van der Waals surface area contributed by atoms with Crippen molar-refractivity contribution in [2.24, 2.45) is 178 Å². The molecule has 0 aromatic heterocycles. The molecular weight excluding hydrogens is 1700 g/mol. The number of benzene rings is 2. The quantitative estimate of drug-likeness (QED) is 0.0293. The largest absolute Gasteiger partial charge is 0.466 e. The van der Waals surface area contributed by atoms with E-state index in [-0.39, 0.29) is 17.8 Å². The summed E-state index contributed by atoms with van der Waals surface area (Å²) in [7, 11) is 0. The van der Waals surface area contributed by atoms with Gasteiger partial charge >= 0.3 is 5.97 Å². The number of nitrogens with zero attached hydrogens (tertiary/aromatic N) is 2. The molecule has 21 aliphatic carbocycles. The maximum Gasteiger partial charge on any atom is 0.306 e. The Bertz CT molecular complexity index is 4650. The fraction of sp³-hybridized carbons (Fsp3) is 0.715. The number of rotatable bonds is 35. The molecule has 12 saturated carbocycles. The summed E-state index contributed by atoms with van der Waals surface area (Å²) in [6.07, 6.45) is 106. The van der Waals surface area contributed by atoms with E-state index < -0.39 is 0 Å². The summed E-state index contributed by atoms with van der Waals surface area (Å²) in [5.74, 6) is 29.1. The van der Waals surface area contributed by atoms with Gasteiger partial charge in [-0.1, -0.05) is 253 Å². The van der Waals surface area contributed by atoms with Crippen LogP contribution in [0.5, 0.6) is 0 Å². The first-order chi connectivity index (χ1) is 67.9. The molecule has 2 amide bonds. The van der Waals surface area contributed by atoms with Crippen LogP contribution in [0.25, 0.3) is 0 Å². The molecule has 139 heavy (non-hydrogen) atoms. The Morgan fingerprint density at radius 1 is 0.374 bits per heavy atom. The number of esters is 1. The molecule has 9 nitrogen and oxygen atoms in total. The average Bonchev–Trinajstić information content (AvgIpc) is 1.62. The first-order valence-corrected chi connectivity index (χ1v) is 59.1. The molecule has 33 unspecified atom stereocenters. The number of allylic oxidation sites excluding steroid dienone is 18. The highest BCUT2D eigenvalue weighted by Crippen LogP contribution is 2.59. The van der Waals surface area contributed by atoms with E-state index in [1.54, 1.807) is 32.1 Å². The predicted molar refractivity (Wildman–Crippen MR) is 571 cm³/mol. The molecular formula is C130H186N2O7. The van der Waals surface area contributed by atoms with E-state index in [1.807, 2.05) is 20.8 Å². The molecule has 4 aliphatic heterocycles. The Kier molecular flexibility index (Phi) is 35.7. The number of hydrogen-bond acceptors (Lipinski definition) is 7. The molecule has 2 aromatic rings. The van der Waals surface area contributed by atoms with Crippen molar-refractivity contribution in [2.75, 3.05) is 46.1 Å². The van der Waals surface area contributed by atoms with Gasteiger partial charge in [-0.05, 0) is 447 Å². The topological polar surface area (TPSA) is 101 Å². The Labute approximate surface area is 843 Å². The molecule has 33 atom stereocenters. The van der Waals surface area contributed by atoms with Crippen LogP contribution in [0.1, 0.15) is 336 Å². The Morgan fingerprint density at radius 3 is 1.20 bits per heavy atom. The van der Waals surface area contributed by atoms with E-state index in [2.05, 4.69) is 201 Å². The molecule has 0 spiro atoms. The zero-order valence-electron chi connectivity index (χ0n) is 87.7. The maximum absolute atomic E-state index is 12.2. The van der Waals surface area contributed by atoms with Gasteiger partial charge in [-0.3, -0.25) is 14.4 Å². The number of carbonyl (C=O) groups excluding carboxylic acids is 3.